The Labute approximate surface area is 133 Å². The van der Waals surface area contributed by atoms with Crippen LogP contribution in [0.1, 0.15) is 25.8 Å². The molecule has 1 aromatic heterocycles. The van der Waals surface area contributed by atoms with Crippen LogP contribution in [0.2, 0.25) is 0 Å². The van der Waals surface area contributed by atoms with Crippen LogP contribution in [0.15, 0.2) is 17.4 Å². The highest BCUT2D eigenvalue weighted by molar-refractivity contribution is 7.90. The SMILES string of the molecule is CCNC(=NCCn1cc(C)cn1)NC(C)CCS(C)(=O)=O. The van der Waals surface area contributed by atoms with Crippen LogP contribution in [-0.2, 0) is 16.4 Å². The molecule has 0 spiro atoms. The summed E-state index contributed by atoms with van der Waals surface area (Å²) in [4.78, 5) is 4.49. The summed E-state index contributed by atoms with van der Waals surface area (Å²) < 4.78 is 24.2. The maximum absolute atomic E-state index is 11.2. The minimum atomic E-state index is -2.93. The lowest BCUT2D eigenvalue weighted by Crippen LogP contribution is -2.43. The van der Waals surface area contributed by atoms with E-state index >= 15 is 0 Å². The van der Waals surface area contributed by atoms with Crippen molar-refractivity contribution < 1.29 is 8.42 Å². The highest BCUT2D eigenvalue weighted by atomic mass is 32.2. The van der Waals surface area contributed by atoms with Gasteiger partial charge in [-0.3, -0.25) is 9.67 Å². The van der Waals surface area contributed by atoms with E-state index in [1.807, 2.05) is 37.8 Å². The van der Waals surface area contributed by atoms with E-state index in [0.717, 1.165) is 12.1 Å². The van der Waals surface area contributed by atoms with E-state index in [4.69, 9.17) is 0 Å². The van der Waals surface area contributed by atoms with Gasteiger partial charge in [-0.15, -0.1) is 0 Å². The minimum absolute atomic E-state index is 0.0412. The van der Waals surface area contributed by atoms with Crippen LogP contribution in [0, 0.1) is 6.92 Å². The number of hydrogen-bond donors (Lipinski definition) is 2. The van der Waals surface area contributed by atoms with Crippen molar-refractivity contribution >= 4 is 15.8 Å². The summed E-state index contributed by atoms with van der Waals surface area (Å²) in [5, 5.41) is 10.6. The third-order valence-electron chi connectivity index (χ3n) is 3.01. The van der Waals surface area contributed by atoms with Crippen molar-refractivity contribution in [3.63, 3.8) is 0 Å². The smallest absolute Gasteiger partial charge is 0.191 e. The molecule has 1 heterocycles. The van der Waals surface area contributed by atoms with Crippen LogP contribution < -0.4 is 10.6 Å². The van der Waals surface area contributed by atoms with Crippen LogP contribution in [0.4, 0.5) is 0 Å². The maximum Gasteiger partial charge on any atom is 0.191 e. The largest absolute Gasteiger partial charge is 0.357 e. The fourth-order valence-electron chi connectivity index (χ4n) is 1.87. The average molecular weight is 329 g/mol. The Balaban J connectivity index is 2.47. The Hall–Kier alpha value is -1.57. The summed E-state index contributed by atoms with van der Waals surface area (Å²) in [6.45, 7) is 8.02. The van der Waals surface area contributed by atoms with Gasteiger partial charge in [-0.25, -0.2) is 8.42 Å². The van der Waals surface area contributed by atoms with Crippen LogP contribution in [0.3, 0.4) is 0 Å². The molecule has 1 aromatic rings. The predicted molar refractivity (Wildman–Crippen MR) is 89.9 cm³/mol. The van der Waals surface area contributed by atoms with Gasteiger partial charge in [-0.05, 0) is 32.8 Å². The minimum Gasteiger partial charge on any atom is -0.357 e. The number of aromatic nitrogens is 2. The third-order valence-corrected chi connectivity index (χ3v) is 3.99. The standard InChI is InChI=1S/C14H27N5O2S/c1-5-15-14(18-13(3)6-9-22(4,20)21)16-7-8-19-11-12(2)10-17-19/h10-11,13H,5-9H2,1-4H3,(H2,15,16,18). The Bertz CT molecular complexity index is 580. The topological polar surface area (TPSA) is 88.4 Å². The molecule has 0 saturated carbocycles. The highest BCUT2D eigenvalue weighted by Gasteiger charge is 2.09. The number of aryl methyl sites for hydroxylation is 1. The van der Waals surface area contributed by atoms with Gasteiger partial charge < -0.3 is 10.6 Å². The molecule has 8 heteroatoms. The van der Waals surface area contributed by atoms with E-state index in [0.29, 0.717) is 25.5 Å². The van der Waals surface area contributed by atoms with Crippen LogP contribution >= 0.6 is 0 Å². The summed E-state index contributed by atoms with van der Waals surface area (Å²) in [7, 11) is -2.93. The average Bonchev–Trinajstić information content (AvgIpc) is 2.81. The summed E-state index contributed by atoms with van der Waals surface area (Å²) in [6, 6.07) is 0.0412. The lowest BCUT2D eigenvalue weighted by molar-refractivity contribution is 0.579. The van der Waals surface area contributed by atoms with Crippen LogP contribution in [0.25, 0.3) is 0 Å². The second kappa shape index (κ2) is 8.77. The number of hydrogen-bond acceptors (Lipinski definition) is 4. The first-order valence-electron chi connectivity index (χ1n) is 7.52. The molecule has 0 aliphatic carbocycles. The van der Waals surface area contributed by atoms with Gasteiger partial charge in [0.25, 0.3) is 0 Å². The lowest BCUT2D eigenvalue weighted by atomic mass is 10.3. The molecule has 0 aliphatic heterocycles. The molecular formula is C14H27N5O2S. The molecule has 0 amide bonds. The van der Waals surface area contributed by atoms with Crippen molar-refractivity contribution in [1.82, 2.24) is 20.4 Å². The second-order valence-corrected chi connectivity index (χ2v) is 7.77. The summed E-state index contributed by atoms with van der Waals surface area (Å²) >= 11 is 0. The van der Waals surface area contributed by atoms with Crippen LogP contribution in [0.5, 0.6) is 0 Å². The molecule has 0 aromatic carbocycles. The van der Waals surface area contributed by atoms with E-state index in [9.17, 15) is 8.42 Å². The van der Waals surface area contributed by atoms with E-state index < -0.39 is 9.84 Å². The van der Waals surface area contributed by atoms with E-state index in [-0.39, 0.29) is 11.8 Å². The Morgan fingerprint density at radius 3 is 2.77 bits per heavy atom. The van der Waals surface area contributed by atoms with Crippen molar-refractivity contribution in [3.05, 3.63) is 18.0 Å². The molecule has 1 atom stereocenters. The maximum atomic E-state index is 11.2. The van der Waals surface area contributed by atoms with E-state index in [1.54, 1.807) is 0 Å². The van der Waals surface area contributed by atoms with Crippen molar-refractivity contribution in [2.45, 2.75) is 39.8 Å². The van der Waals surface area contributed by atoms with Gasteiger partial charge in [0, 0.05) is 25.0 Å². The van der Waals surface area contributed by atoms with Gasteiger partial charge in [-0.1, -0.05) is 0 Å². The van der Waals surface area contributed by atoms with Gasteiger partial charge in [0.1, 0.15) is 9.84 Å². The lowest BCUT2D eigenvalue weighted by Gasteiger charge is -2.17. The first-order valence-corrected chi connectivity index (χ1v) is 9.58. The molecule has 7 nitrogen and oxygen atoms in total. The third kappa shape index (κ3) is 8.02. The highest BCUT2D eigenvalue weighted by Crippen LogP contribution is 1.96. The quantitative estimate of drug-likeness (QED) is 0.538. The van der Waals surface area contributed by atoms with Crippen molar-refractivity contribution in [1.29, 1.82) is 0 Å². The molecule has 0 fully saturated rings. The van der Waals surface area contributed by atoms with E-state index in [1.165, 1.54) is 6.26 Å². The van der Waals surface area contributed by atoms with Crippen molar-refractivity contribution in [2.24, 2.45) is 4.99 Å². The molecule has 126 valence electrons. The summed E-state index contributed by atoms with van der Waals surface area (Å²) in [5.74, 6) is 0.875. The summed E-state index contributed by atoms with van der Waals surface area (Å²) in [5.41, 5.74) is 1.13. The molecule has 22 heavy (non-hydrogen) atoms. The van der Waals surface area contributed by atoms with E-state index in [2.05, 4.69) is 20.7 Å². The number of rotatable bonds is 8. The first-order chi connectivity index (χ1) is 10.3. The van der Waals surface area contributed by atoms with Crippen LogP contribution in [-0.4, -0.2) is 55.3 Å². The van der Waals surface area contributed by atoms with Gasteiger partial charge in [0.15, 0.2) is 5.96 Å². The van der Waals surface area contributed by atoms with Crippen molar-refractivity contribution in [3.8, 4) is 0 Å². The zero-order valence-corrected chi connectivity index (χ0v) is 14.7. The molecule has 0 bridgehead atoms. The Morgan fingerprint density at radius 1 is 1.50 bits per heavy atom. The molecule has 2 N–H and O–H groups in total. The molecule has 1 unspecified atom stereocenters. The number of nitrogens with zero attached hydrogens (tertiary/aromatic N) is 3. The fraction of sp³-hybridized carbons (Fsp3) is 0.714. The Kier molecular flexibility index (Phi) is 7.37. The first kappa shape index (κ1) is 18.5. The Morgan fingerprint density at radius 2 is 2.23 bits per heavy atom. The monoisotopic (exact) mass is 329 g/mol. The zero-order valence-electron chi connectivity index (χ0n) is 13.8. The zero-order chi connectivity index (χ0) is 16.6. The predicted octanol–water partition coefficient (Wildman–Crippen LogP) is 0.570. The fourth-order valence-corrected chi connectivity index (χ4v) is 2.65. The molecule has 0 radical (unpaired) electrons. The van der Waals surface area contributed by atoms with Gasteiger partial charge >= 0.3 is 0 Å². The van der Waals surface area contributed by atoms with Gasteiger partial charge in [0.05, 0.1) is 25.0 Å². The molecule has 1 rings (SSSR count). The molecular weight excluding hydrogens is 302 g/mol. The number of nitrogens with one attached hydrogen (secondary N) is 2. The van der Waals surface area contributed by atoms with Gasteiger partial charge in [0.2, 0.25) is 0 Å². The number of aliphatic imine (C=N–C) groups is 1. The molecule has 0 saturated heterocycles. The normalized spacial score (nSPS) is 13.9. The number of guanidine groups is 1. The second-order valence-electron chi connectivity index (χ2n) is 5.51. The summed E-state index contributed by atoms with van der Waals surface area (Å²) in [6.07, 6.45) is 5.61. The number of sulfone groups is 1. The van der Waals surface area contributed by atoms with Gasteiger partial charge in [-0.2, -0.15) is 5.10 Å². The molecule has 0 aliphatic rings. The van der Waals surface area contributed by atoms with Crippen molar-refractivity contribution in [2.75, 3.05) is 25.1 Å².